The first kappa shape index (κ1) is 21.6. The highest BCUT2D eigenvalue weighted by molar-refractivity contribution is 6.32. The molecule has 0 aliphatic carbocycles. The molecule has 0 spiro atoms. The molecule has 0 unspecified atom stereocenters. The molecule has 4 aromatic rings. The fraction of sp³-hybridized carbons (Fsp3) is 0.0833. The van der Waals surface area contributed by atoms with Gasteiger partial charge in [0.1, 0.15) is 0 Å². The number of nitrogens with one attached hydrogen (secondary N) is 1. The number of aryl methyl sites for hydroxylation is 1. The number of aromatic nitrogens is 2. The van der Waals surface area contributed by atoms with Crippen LogP contribution in [0.25, 0.3) is 16.9 Å². The number of benzene rings is 3. The number of rotatable bonds is 4. The number of para-hydroxylation sites is 2. The zero-order valence-corrected chi connectivity index (χ0v) is 17.6. The van der Waals surface area contributed by atoms with Crippen molar-refractivity contribution in [3.8, 4) is 16.9 Å². The number of hydrogen-bond acceptors (Lipinski definition) is 2. The third-order valence-corrected chi connectivity index (χ3v) is 5.24. The first-order valence-corrected chi connectivity index (χ1v) is 10.0. The van der Waals surface area contributed by atoms with Crippen molar-refractivity contribution in [3.05, 3.63) is 101 Å². The summed E-state index contributed by atoms with van der Waals surface area (Å²) in [5.41, 5.74) is 1.93. The largest absolute Gasteiger partial charge is 0.435 e. The molecule has 0 radical (unpaired) electrons. The second-order valence-corrected chi connectivity index (χ2v) is 7.53. The Kier molecular flexibility index (Phi) is 5.76. The quantitative estimate of drug-likeness (QED) is 0.369. The van der Waals surface area contributed by atoms with E-state index in [-0.39, 0.29) is 16.6 Å². The SMILES string of the molecule is Cc1ccccc1NC(=O)c1ccc(-c2cc(C(F)(F)F)nn2-c2ccccc2Cl)cc1. The van der Waals surface area contributed by atoms with Crippen LogP contribution in [0, 0.1) is 6.92 Å². The molecule has 0 aliphatic rings. The molecule has 0 atom stereocenters. The second kappa shape index (κ2) is 8.51. The molecule has 1 N–H and O–H groups in total. The summed E-state index contributed by atoms with van der Waals surface area (Å²) in [4.78, 5) is 12.6. The lowest BCUT2D eigenvalue weighted by molar-refractivity contribution is -0.141. The Balaban J connectivity index is 1.69. The molecule has 8 heteroatoms. The smallest absolute Gasteiger partial charge is 0.322 e. The molecular weight excluding hydrogens is 439 g/mol. The van der Waals surface area contributed by atoms with Gasteiger partial charge in [-0.3, -0.25) is 4.79 Å². The number of carbonyl (C=O) groups is 1. The molecular formula is C24H17ClF3N3O. The topological polar surface area (TPSA) is 46.9 Å². The predicted molar refractivity (Wildman–Crippen MR) is 118 cm³/mol. The number of amides is 1. The molecule has 0 saturated heterocycles. The van der Waals surface area contributed by atoms with Crippen molar-refractivity contribution in [1.82, 2.24) is 9.78 Å². The van der Waals surface area contributed by atoms with Crippen molar-refractivity contribution in [2.24, 2.45) is 0 Å². The fourth-order valence-corrected chi connectivity index (χ4v) is 3.45. The minimum atomic E-state index is -4.62. The van der Waals surface area contributed by atoms with Gasteiger partial charge < -0.3 is 5.32 Å². The van der Waals surface area contributed by atoms with E-state index in [2.05, 4.69) is 10.4 Å². The van der Waals surface area contributed by atoms with Crippen LogP contribution >= 0.6 is 11.6 Å². The van der Waals surface area contributed by atoms with Crippen molar-refractivity contribution in [1.29, 1.82) is 0 Å². The molecule has 0 aliphatic heterocycles. The van der Waals surface area contributed by atoms with Gasteiger partial charge in [-0.1, -0.05) is 54.1 Å². The van der Waals surface area contributed by atoms with Crippen LogP contribution in [0.5, 0.6) is 0 Å². The van der Waals surface area contributed by atoms with Crippen LogP contribution in [0.1, 0.15) is 21.6 Å². The van der Waals surface area contributed by atoms with Crippen molar-refractivity contribution in [2.45, 2.75) is 13.1 Å². The lowest BCUT2D eigenvalue weighted by Crippen LogP contribution is -2.12. The van der Waals surface area contributed by atoms with Crippen LogP contribution in [0.15, 0.2) is 78.9 Å². The average Bonchev–Trinajstić information content (AvgIpc) is 3.21. The van der Waals surface area contributed by atoms with Gasteiger partial charge in [-0.2, -0.15) is 18.3 Å². The Morgan fingerprint density at radius 2 is 1.62 bits per heavy atom. The number of anilines is 1. The van der Waals surface area contributed by atoms with E-state index in [9.17, 15) is 18.0 Å². The molecule has 1 heterocycles. The summed E-state index contributed by atoms with van der Waals surface area (Å²) in [7, 11) is 0. The summed E-state index contributed by atoms with van der Waals surface area (Å²) >= 11 is 6.20. The van der Waals surface area contributed by atoms with Gasteiger partial charge in [0.25, 0.3) is 5.91 Å². The molecule has 32 heavy (non-hydrogen) atoms. The van der Waals surface area contributed by atoms with Gasteiger partial charge in [0, 0.05) is 16.8 Å². The maximum absolute atomic E-state index is 13.4. The number of hydrogen-bond donors (Lipinski definition) is 1. The number of nitrogens with zero attached hydrogens (tertiary/aromatic N) is 2. The van der Waals surface area contributed by atoms with Crippen LogP contribution in [-0.2, 0) is 6.18 Å². The zero-order chi connectivity index (χ0) is 22.9. The van der Waals surface area contributed by atoms with Gasteiger partial charge in [-0.15, -0.1) is 0 Å². The number of halogens is 4. The molecule has 1 aromatic heterocycles. The van der Waals surface area contributed by atoms with Crippen LogP contribution in [0.3, 0.4) is 0 Å². The van der Waals surface area contributed by atoms with Crippen LogP contribution in [0.4, 0.5) is 18.9 Å². The van der Waals surface area contributed by atoms with Crippen LogP contribution in [0.2, 0.25) is 5.02 Å². The molecule has 4 nitrogen and oxygen atoms in total. The van der Waals surface area contributed by atoms with Gasteiger partial charge in [0.05, 0.1) is 16.4 Å². The maximum Gasteiger partial charge on any atom is 0.435 e. The van der Waals surface area contributed by atoms with Crippen LogP contribution in [-0.4, -0.2) is 15.7 Å². The minimum Gasteiger partial charge on any atom is -0.322 e. The maximum atomic E-state index is 13.4. The van der Waals surface area contributed by atoms with Gasteiger partial charge in [-0.25, -0.2) is 4.68 Å². The van der Waals surface area contributed by atoms with Gasteiger partial charge in [-0.05, 0) is 48.9 Å². The second-order valence-electron chi connectivity index (χ2n) is 7.12. The monoisotopic (exact) mass is 455 g/mol. The first-order valence-electron chi connectivity index (χ1n) is 9.63. The molecule has 1 amide bonds. The molecule has 0 bridgehead atoms. The van der Waals surface area contributed by atoms with Crippen molar-refractivity contribution in [2.75, 3.05) is 5.32 Å². The zero-order valence-electron chi connectivity index (χ0n) is 16.8. The molecule has 4 rings (SSSR count). The number of alkyl halides is 3. The highest BCUT2D eigenvalue weighted by atomic mass is 35.5. The van der Waals surface area contributed by atoms with Crippen molar-refractivity contribution < 1.29 is 18.0 Å². The highest BCUT2D eigenvalue weighted by Gasteiger charge is 2.35. The fourth-order valence-electron chi connectivity index (χ4n) is 3.23. The Morgan fingerprint density at radius 1 is 0.969 bits per heavy atom. The van der Waals surface area contributed by atoms with E-state index in [0.717, 1.165) is 16.3 Å². The summed E-state index contributed by atoms with van der Waals surface area (Å²) in [6.07, 6.45) is -4.62. The van der Waals surface area contributed by atoms with Crippen molar-refractivity contribution in [3.63, 3.8) is 0 Å². The number of carbonyl (C=O) groups excluding carboxylic acids is 1. The van der Waals surface area contributed by atoms with E-state index < -0.39 is 11.9 Å². The molecule has 3 aromatic carbocycles. The third-order valence-electron chi connectivity index (χ3n) is 4.92. The van der Waals surface area contributed by atoms with E-state index in [1.807, 2.05) is 25.1 Å². The van der Waals surface area contributed by atoms with Gasteiger partial charge in [0.15, 0.2) is 5.69 Å². The Hall–Kier alpha value is -3.58. The summed E-state index contributed by atoms with van der Waals surface area (Å²) < 4.78 is 41.2. The minimum absolute atomic E-state index is 0.205. The first-order chi connectivity index (χ1) is 15.2. The normalized spacial score (nSPS) is 11.4. The summed E-state index contributed by atoms with van der Waals surface area (Å²) in [5, 5.41) is 6.84. The van der Waals surface area contributed by atoms with E-state index >= 15 is 0 Å². The Labute approximate surface area is 187 Å². The van der Waals surface area contributed by atoms with Gasteiger partial charge in [0.2, 0.25) is 0 Å². The summed E-state index contributed by atoms with van der Waals surface area (Å²) in [6.45, 7) is 1.88. The standard InChI is InChI=1S/C24H17ClF3N3O/c1-15-6-2-4-8-19(15)29-23(32)17-12-10-16(11-13-17)21-14-22(24(26,27)28)30-31(21)20-9-5-3-7-18(20)25/h2-14H,1H3,(H,29,32). The van der Waals surface area contributed by atoms with Gasteiger partial charge >= 0.3 is 6.18 Å². The predicted octanol–water partition coefficient (Wildman–Crippen LogP) is 6.77. The lowest BCUT2D eigenvalue weighted by atomic mass is 10.1. The highest BCUT2D eigenvalue weighted by Crippen LogP contribution is 2.34. The van der Waals surface area contributed by atoms with Crippen molar-refractivity contribution >= 4 is 23.2 Å². The molecule has 0 saturated carbocycles. The average molecular weight is 456 g/mol. The van der Waals surface area contributed by atoms with E-state index in [1.165, 1.54) is 0 Å². The lowest BCUT2D eigenvalue weighted by Gasteiger charge is -2.11. The summed E-state index contributed by atoms with van der Waals surface area (Å²) in [6, 6.07) is 21.1. The molecule has 0 fully saturated rings. The molecule has 162 valence electrons. The summed E-state index contributed by atoms with van der Waals surface area (Å²) in [5.74, 6) is -0.318. The van der Waals surface area contributed by atoms with E-state index in [0.29, 0.717) is 22.5 Å². The Bertz CT molecular complexity index is 1280. The Morgan fingerprint density at radius 3 is 2.28 bits per heavy atom. The van der Waals surface area contributed by atoms with E-state index in [4.69, 9.17) is 11.6 Å². The third kappa shape index (κ3) is 4.38. The van der Waals surface area contributed by atoms with Crippen LogP contribution < -0.4 is 5.32 Å². The van der Waals surface area contributed by atoms with E-state index in [1.54, 1.807) is 54.6 Å².